The third-order valence-corrected chi connectivity index (χ3v) is 12.2. The molecule has 294 valence electrons. The Morgan fingerprint density at radius 1 is 0.254 bits per heavy atom. The number of furan rings is 3. The van der Waals surface area contributed by atoms with Gasteiger partial charge in [-0.3, -0.25) is 0 Å². The number of benzene rings is 9. The van der Waals surface area contributed by atoms with Crippen molar-refractivity contribution in [1.82, 2.24) is 15.0 Å². The van der Waals surface area contributed by atoms with Gasteiger partial charge in [-0.15, -0.1) is 0 Å². The minimum absolute atomic E-state index is 0.560. The third-order valence-electron chi connectivity index (χ3n) is 12.2. The van der Waals surface area contributed by atoms with Gasteiger partial charge >= 0.3 is 0 Å². The van der Waals surface area contributed by atoms with Crippen molar-refractivity contribution >= 4 is 65.8 Å². The van der Waals surface area contributed by atoms with Crippen LogP contribution in [-0.4, -0.2) is 15.0 Å². The van der Waals surface area contributed by atoms with Crippen molar-refractivity contribution in [3.8, 4) is 67.5 Å². The highest BCUT2D eigenvalue weighted by Crippen LogP contribution is 2.43. The molecule has 9 aromatic carbocycles. The van der Waals surface area contributed by atoms with Crippen LogP contribution in [0.5, 0.6) is 0 Å². The van der Waals surface area contributed by atoms with E-state index in [1.807, 2.05) is 66.7 Å². The molecule has 0 spiro atoms. The van der Waals surface area contributed by atoms with Crippen molar-refractivity contribution in [1.29, 1.82) is 0 Å². The van der Waals surface area contributed by atoms with Crippen molar-refractivity contribution in [2.75, 3.05) is 0 Å². The molecule has 13 aromatic rings. The number of nitrogens with zero attached hydrogens (tertiary/aromatic N) is 3. The lowest BCUT2D eigenvalue weighted by molar-refractivity contribution is 0.669. The quantitative estimate of drug-likeness (QED) is 0.166. The number of rotatable bonds is 6. The highest BCUT2D eigenvalue weighted by atomic mass is 16.3. The van der Waals surface area contributed by atoms with Gasteiger partial charge in [0, 0.05) is 60.1 Å². The summed E-state index contributed by atoms with van der Waals surface area (Å²) in [4.78, 5) is 15.4. The van der Waals surface area contributed by atoms with E-state index in [0.29, 0.717) is 17.5 Å². The molecule has 0 saturated carbocycles. The maximum Gasteiger partial charge on any atom is 0.164 e. The molecule has 4 aromatic heterocycles. The van der Waals surface area contributed by atoms with Crippen LogP contribution in [0.2, 0.25) is 0 Å². The Morgan fingerprint density at radius 2 is 0.714 bits per heavy atom. The second-order valence-electron chi connectivity index (χ2n) is 15.9. The average molecular weight is 808 g/mol. The fourth-order valence-electron chi connectivity index (χ4n) is 9.23. The van der Waals surface area contributed by atoms with E-state index in [-0.39, 0.29) is 0 Å². The van der Waals surface area contributed by atoms with Gasteiger partial charge in [0.15, 0.2) is 17.5 Å². The van der Waals surface area contributed by atoms with E-state index in [1.54, 1.807) is 0 Å². The van der Waals surface area contributed by atoms with Crippen LogP contribution in [0.15, 0.2) is 213 Å². The lowest BCUT2D eigenvalue weighted by atomic mass is 9.96. The Labute approximate surface area is 360 Å². The van der Waals surface area contributed by atoms with E-state index >= 15 is 0 Å². The summed E-state index contributed by atoms with van der Waals surface area (Å²) < 4.78 is 19.6. The van der Waals surface area contributed by atoms with Crippen LogP contribution in [0.3, 0.4) is 0 Å². The molecule has 6 heteroatoms. The van der Waals surface area contributed by atoms with Gasteiger partial charge in [0.05, 0.1) is 0 Å². The zero-order valence-electron chi connectivity index (χ0n) is 33.6. The highest BCUT2D eigenvalue weighted by molar-refractivity contribution is 6.17. The molecule has 0 fully saturated rings. The molecular formula is C57H33N3O3. The standard InChI is InChI=1S/C57H33N3O3/c1-3-13-34(14-4-1)40-20-10-22-44-51-39(18-11-26-50(51)63-54(40)44)38-31-32-48-46(33-38)52-45(23-12-25-49(52)61-48)57-59-55(36-15-5-2-6-16-36)58-56(60-57)37-29-27-35(28-30-37)41-19-9-21-43-42-17-7-8-24-47(42)62-53(41)43/h1-33H. The number of aromatic nitrogens is 3. The summed E-state index contributed by atoms with van der Waals surface area (Å²) in [5.74, 6) is 1.72. The Hall–Kier alpha value is -8.61. The fourth-order valence-corrected chi connectivity index (χ4v) is 9.23. The molecule has 0 aliphatic carbocycles. The normalized spacial score (nSPS) is 11.8. The molecule has 0 bridgehead atoms. The molecule has 0 unspecified atom stereocenters. The topological polar surface area (TPSA) is 78.1 Å². The maximum atomic E-state index is 6.63. The van der Waals surface area contributed by atoms with Gasteiger partial charge in [0.1, 0.15) is 33.5 Å². The molecule has 0 saturated heterocycles. The third kappa shape index (κ3) is 5.69. The average Bonchev–Trinajstić information content (AvgIpc) is 4.06. The molecule has 63 heavy (non-hydrogen) atoms. The molecule has 0 atom stereocenters. The molecular weight excluding hydrogens is 775 g/mol. The van der Waals surface area contributed by atoms with Gasteiger partial charge in [-0.1, -0.05) is 170 Å². The Kier molecular flexibility index (Phi) is 7.80. The van der Waals surface area contributed by atoms with E-state index in [9.17, 15) is 0 Å². The van der Waals surface area contributed by atoms with Crippen LogP contribution in [0.25, 0.3) is 133 Å². The van der Waals surface area contributed by atoms with Crippen molar-refractivity contribution < 1.29 is 13.3 Å². The first-order chi connectivity index (χ1) is 31.2. The lowest BCUT2D eigenvalue weighted by Crippen LogP contribution is -2.00. The van der Waals surface area contributed by atoms with Gasteiger partial charge < -0.3 is 13.3 Å². The zero-order chi connectivity index (χ0) is 41.4. The smallest absolute Gasteiger partial charge is 0.164 e. The van der Waals surface area contributed by atoms with Gasteiger partial charge in [-0.2, -0.15) is 0 Å². The monoisotopic (exact) mass is 807 g/mol. The fraction of sp³-hybridized carbons (Fsp3) is 0. The van der Waals surface area contributed by atoms with Gasteiger partial charge in [-0.25, -0.2) is 15.0 Å². The number of hydrogen-bond acceptors (Lipinski definition) is 6. The number of hydrogen-bond donors (Lipinski definition) is 0. The van der Waals surface area contributed by atoms with Crippen LogP contribution < -0.4 is 0 Å². The Morgan fingerprint density at radius 3 is 1.48 bits per heavy atom. The van der Waals surface area contributed by atoms with Crippen molar-refractivity contribution in [2.45, 2.75) is 0 Å². The Bertz CT molecular complexity index is 3900. The summed E-state index contributed by atoms with van der Waals surface area (Å²) in [5.41, 5.74) is 14.0. The molecule has 0 N–H and O–H groups in total. The van der Waals surface area contributed by atoms with Crippen LogP contribution >= 0.6 is 0 Å². The SMILES string of the molecule is c1ccc(-c2nc(-c3ccc(-c4cccc5c4oc4ccccc45)cc3)nc(-c3cccc4oc5ccc(-c6cccc7oc8c(-c9ccccc9)cccc8c67)cc5c34)n2)cc1. The minimum Gasteiger partial charge on any atom is -0.456 e. The van der Waals surface area contributed by atoms with Gasteiger partial charge in [0.2, 0.25) is 0 Å². The van der Waals surface area contributed by atoms with Crippen LogP contribution in [0, 0.1) is 0 Å². The molecule has 0 aliphatic heterocycles. The minimum atomic E-state index is 0.560. The molecule has 6 nitrogen and oxygen atoms in total. The van der Waals surface area contributed by atoms with Crippen molar-refractivity contribution in [3.05, 3.63) is 200 Å². The van der Waals surface area contributed by atoms with Crippen molar-refractivity contribution in [2.24, 2.45) is 0 Å². The maximum absolute atomic E-state index is 6.63. The summed E-state index contributed by atoms with van der Waals surface area (Å²) in [6, 6.07) is 68.5. The second-order valence-corrected chi connectivity index (χ2v) is 15.9. The first-order valence-electron chi connectivity index (χ1n) is 21.0. The summed E-state index contributed by atoms with van der Waals surface area (Å²) in [6.07, 6.45) is 0. The van der Waals surface area contributed by atoms with E-state index < -0.39 is 0 Å². The van der Waals surface area contributed by atoms with E-state index in [1.165, 1.54) is 0 Å². The molecule has 0 radical (unpaired) electrons. The highest BCUT2D eigenvalue weighted by Gasteiger charge is 2.21. The largest absolute Gasteiger partial charge is 0.456 e. The Balaban J connectivity index is 0.955. The van der Waals surface area contributed by atoms with Crippen LogP contribution in [0.4, 0.5) is 0 Å². The van der Waals surface area contributed by atoms with Gasteiger partial charge in [-0.05, 0) is 52.6 Å². The molecule has 13 rings (SSSR count). The zero-order valence-corrected chi connectivity index (χ0v) is 33.6. The predicted molar refractivity (Wildman–Crippen MR) is 254 cm³/mol. The summed E-state index contributed by atoms with van der Waals surface area (Å²) in [6.45, 7) is 0. The predicted octanol–water partition coefficient (Wildman–Crippen LogP) is 15.6. The van der Waals surface area contributed by atoms with Crippen LogP contribution in [0.1, 0.15) is 0 Å². The number of para-hydroxylation sites is 3. The van der Waals surface area contributed by atoms with Gasteiger partial charge in [0.25, 0.3) is 0 Å². The first-order valence-corrected chi connectivity index (χ1v) is 21.0. The number of fused-ring (bicyclic) bond motifs is 9. The molecule has 0 aliphatic rings. The molecule has 0 amide bonds. The van der Waals surface area contributed by atoms with Crippen molar-refractivity contribution in [3.63, 3.8) is 0 Å². The van der Waals surface area contributed by atoms with Crippen LogP contribution in [-0.2, 0) is 0 Å². The first kappa shape index (κ1) is 35.2. The summed E-state index contributed by atoms with van der Waals surface area (Å²) in [7, 11) is 0. The second kappa shape index (κ2) is 14.0. The lowest BCUT2D eigenvalue weighted by Gasteiger charge is -2.10. The van der Waals surface area contributed by atoms with E-state index in [4.69, 9.17) is 28.2 Å². The summed E-state index contributed by atoms with van der Waals surface area (Å²) >= 11 is 0. The van der Waals surface area contributed by atoms with E-state index in [0.717, 1.165) is 116 Å². The van der Waals surface area contributed by atoms with E-state index in [2.05, 4.69) is 133 Å². The molecule has 4 heterocycles. The summed E-state index contributed by atoms with van der Waals surface area (Å²) in [5, 5.41) is 6.27.